The van der Waals surface area contributed by atoms with Crippen LogP contribution in [0.25, 0.3) is 5.57 Å². The zero-order valence-corrected chi connectivity index (χ0v) is 11.2. The summed E-state index contributed by atoms with van der Waals surface area (Å²) in [5.74, 6) is 0.403. The van der Waals surface area contributed by atoms with Gasteiger partial charge in [0.1, 0.15) is 5.75 Å². The standard InChI is InChI=1S/C16H18O3/c1-11(12-7-8-12)13(9-10-16(18)19-2)14-5-3-4-6-15(14)17/h3-6,9-10,12,17H,7-8H2,1-2H3/b10-9+,13-11+. The highest BCUT2D eigenvalue weighted by atomic mass is 16.5. The molecule has 0 heterocycles. The van der Waals surface area contributed by atoms with Gasteiger partial charge in [-0.25, -0.2) is 4.79 Å². The van der Waals surface area contributed by atoms with Gasteiger partial charge < -0.3 is 9.84 Å². The number of phenolic OH excluding ortho intramolecular Hbond substituents is 1. The molecule has 3 nitrogen and oxygen atoms in total. The first kappa shape index (κ1) is 13.4. The largest absolute Gasteiger partial charge is 0.507 e. The number of para-hydroxylation sites is 1. The van der Waals surface area contributed by atoms with E-state index in [9.17, 15) is 9.90 Å². The lowest BCUT2D eigenvalue weighted by Gasteiger charge is -2.10. The summed E-state index contributed by atoms with van der Waals surface area (Å²) in [4.78, 5) is 11.2. The molecule has 100 valence electrons. The highest BCUT2D eigenvalue weighted by Gasteiger charge is 2.25. The fourth-order valence-electron chi connectivity index (χ4n) is 2.09. The monoisotopic (exact) mass is 258 g/mol. The van der Waals surface area contributed by atoms with Crippen molar-refractivity contribution in [3.63, 3.8) is 0 Å². The van der Waals surface area contributed by atoms with Gasteiger partial charge in [0.05, 0.1) is 7.11 Å². The number of phenols is 1. The fraction of sp³-hybridized carbons (Fsp3) is 0.312. The molecule has 1 aliphatic rings. The molecule has 0 aliphatic heterocycles. The third-order valence-corrected chi connectivity index (χ3v) is 3.40. The molecule has 1 fully saturated rings. The minimum atomic E-state index is -0.392. The van der Waals surface area contributed by atoms with E-state index in [-0.39, 0.29) is 5.75 Å². The number of esters is 1. The maximum atomic E-state index is 11.2. The number of aromatic hydroxyl groups is 1. The molecule has 1 N–H and O–H groups in total. The van der Waals surface area contributed by atoms with Gasteiger partial charge in [0.25, 0.3) is 0 Å². The molecule has 0 saturated heterocycles. The molecule has 19 heavy (non-hydrogen) atoms. The maximum Gasteiger partial charge on any atom is 0.330 e. The lowest BCUT2D eigenvalue weighted by Crippen LogP contribution is -1.95. The topological polar surface area (TPSA) is 46.5 Å². The van der Waals surface area contributed by atoms with Crippen molar-refractivity contribution in [2.75, 3.05) is 7.11 Å². The second-order valence-corrected chi connectivity index (χ2v) is 4.74. The molecule has 3 heteroatoms. The number of hydrogen-bond donors (Lipinski definition) is 1. The highest BCUT2D eigenvalue weighted by Crippen LogP contribution is 2.41. The molecule has 0 amide bonds. The van der Waals surface area contributed by atoms with E-state index in [0.717, 1.165) is 11.1 Å². The summed E-state index contributed by atoms with van der Waals surface area (Å²) in [6.45, 7) is 2.06. The van der Waals surface area contributed by atoms with Crippen LogP contribution in [-0.2, 0) is 9.53 Å². The van der Waals surface area contributed by atoms with E-state index in [1.165, 1.54) is 31.6 Å². The number of rotatable bonds is 4. The Morgan fingerprint density at radius 1 is 1.32 bits per heavy atom. The van der Waals surface area contributed by atoms with Gasteiger partial charge in [-0.2, -0.15) is 0 Å². The third kappa shape index (κ3) is 3.25. The summed E-state index contributed by atoms with van der Waals surface area (Å²) >= 11 is 0. The van der Waals surface area contributed by atoms with E-state index in [2.05, 4.69) is 11.7 Å². The summed E-state index contributed by atoms with van der Waals surface area (Å²) in [5.41, 5.74) is 2.87. The van der Waals surface area contributed by atoms with Crippen LogP contribution in [0.5, 0.6) is 5.75 Å². The van der Waals surface area contributed by atoms with Crippen molar-refractivity contribution in [1.82, 2.24) is 0 Å². The van der Waals surface area contributed by atoms with Crippen molar-refractivity contribution in [2.45, 2.75) is 19.8 Å². The van der Waals surface area contributed by atoms with E-state index in [4.69, 9.17) is 0 Å². The van der Waals surface area contributed by atoms with Gasteiger partial charge in [-0.3, -0.25) is 0 Å². The Bertz CT molecular complexity index is 537. The Balaban J connectivity index is 2.41. The van der Waals surface area contributed by atoms with Crippen molar-refractivity contribution in [3.8, 4) is 5.75 Å². The molecule has 0 unspecified atom stereocenters. The first-order valence-corrected chi connectivity index (χ1v) is 6.38. The molecule has 0 atom stereocenters. The second kappa shape index (κ2) is 5.74. The van der Waals surface area contributed by atoms with E-state index in [0.29, 0.717) is 5.92 Å². The van der Waals surface area contributed by atoms with Crippen LogP contribution in [0.3, 0.4) is 0 Å². The summed E-state index contributed by atoms with van der Waals surface area (Å²) in [6, 6.07) is 7.17. The number of hydrogen-bond acceptors (Lipinski definition) is 3. The van der Waals surface area contributed by atoms with Crippen molar-refractivity contribution >= 4 is 11.5 Å². The fourth-order valence-corrected chi connectivity index (χ4v) is 2.09. The highest BCUT2D eigenvalue weighted by molar-refractivity contribution is 5.89. The third-order valence-electron chi connectivity index (χ3n) is 3.40. The molecule has 0 aromatic heterocycles. The van der Waals surface area contributed by atoms with Gasteiger partial charge in [0.15, 0.2) is 0 Å². The molecule has 0 spiro atoms. The van der Waals surface area contributed by atoms with Gasteiger partial charge in [0, 0.05) is 11.6 Å². The average molecular weight is 258 g/mol. The molecule has 0 bridgehead atoms. The van der Waals surface area contributed by atoms with Crippen molar-refractivity contribution in [2.24, 2.45) is 5.92 Å². The Morgan fingerprint density at radius 2 is 2.00 bits per heavy atom. The zero-order chi connectivity index (χ0) is 13.8. The van der Waals surface area contributed by atoms with Crippen molar-refractivity contribution < 1.29 is 14.6 Å². The number of carbonyl (C=O) groups is 1. The minimum Gasteiger partial charge on any atom is -0.507 e. The molecule has 0 radical (unpaired) electrons. The van der Waals surface area contributed by atoms with Gasteiger partial charge in [0.2, 0.25) is 0 Å². The van der Waals surface area contributed by atoms with Gasteiger partial charge >= 0.3 is 5.97 Å². The number of methoxy groups -OCH3 is 1. The average Bonchev–Trinajstić information content (AvgIpc) is 3.24. The predicted octanol–water partition coefficient (Wildman–Crippen LogP) is 3.30. The van der Waals surface area contributed by atoms with E-state index >= 15 is 0 Å². The van der Waals surface area contributed by atoms with Crippen LogP contribution in [0.4, 0.5) is 0 Å². The van der Waals surface area contributed by atoms with Crippen LogP contribution in [0.1, 0.15) is 25.3 Å². The number of carbonyl (C=O) groups excluding carboxylic acids is 1. The molecule has 1 aliphatic carbocycles. The second-order valence-electron chi connectivity index (χ2n) is 4.74. The van der Waals surface area contributed by atoms with Gasteiger partial charge in [-0.05, 0) is 43.4 Å². The molecular formula is C16H18O3. The van der Waals surface area contributed by atoms with E-state index in [1.807, 2.05) is 12.1 Å². The van der Waals surface area contributed by atoms with Crippen LogP contribution >= 0.6 is 0 Å². The SMILES string of the molecule is COC(=O)/C=C/C(=C(/C)C1CC1)c1ccccc1O. The molecule has 2 rings (SSSR count). The Morgan fingerprint density at radius 3 is 2.58 bits per heavy atom. The first-order chi connectivity index (χ1) is 9.13. The quantitative estimate of drug-likeness (QED) is 0.512. The number of ether oxygens (including phenoxy) is 1. The van der Waals surface area contributed by atoms with Crippen LogP contribution in [0.15, 0.2) is 42.0 Å². The smallest absolute Gasteiger partial charge is 0.330 e. The molecule has 1 aromatic carbocycles. The Kier molecular flexibility index (Phi) is 4.05. The minimum absolute atomic E-state index is 0.229. The number of allylic oxidation sites excluding steroid dienone is 3. The predicted molar refractivity (Wildman–Crippen MR) is 74.6 cm³/mol. The summed E-state index contributed by atoms with van der Waals surface area (Å²) in [5, 5.41) is 9.97. The maximum absolute atomic E-state index is 11.2. The normalized spacial score (nSPS) is 16.3. The van der Waals surface area contributed by atoms with Crippen LogP contribution in [0.2, 0.25) is 0 Å². The molecule has 1 aromatic rings. The molecule has 1 saturated carbocycles. The van der Waals surface area contributed by atoms with Crippen molar-refractivity contribution in [1.29, 1.82) is 0 Å². The summed E-state index contributed by atoms with van der Waals surface area (Å²) in [6.07, 6.45) is 5.48. The van der Waals surface area contributed by atoms with Crippen LogP contribution < -0.4 is 0 Å². The summed E-state index contributed by atoms with van der Waals surface area (Å²) in [7, 11) is 1.35. The lowest BCUT2D eigenvalue weighted by atomic mass is 9.96. The summed E-state index contributed by atoms with van der Waals surface area (Å²) < 4.78 is 4.61. The van der Waals surface area contributed by atoms with Crippen LogP contribution in [-0.4, -0.2) is 18.2 Å². The first-order valence-electron chi connectivity index (χ1n) is 6.38. The zero-order valence-electron chi connectivity index (χ0n) is 11.2. The van der Waals surface area contributed by atoms with Crippen molar-refractivity contribution in [3.05, 3.63) is 47.6 Å². The molecular weight excluding hydrogens is 240 g/mol. The van der Waals surface area contributed by atoms with Gasteiger partial charge in [-0.1, -0.05) is 23.8 Å². The van der Waals surface area contributed by atoms with Gasteiger partial charge in [-0.15, -0.1) is 0 Å². The lowest BCUT2D eigenvalue weighted by molar-refractivity contribution is -0.134. The number of benzene rings is 1. The van der Waals surface area contributed by atoms with Crippen LogP contribution in [0, 0.1) is 5.92 Å². The van der Waals surface area contributed by atoms with E-state index < -0.39 is 5.97 Å². The Hall–Kier alpha value is -2.03. The van der Waals surface area contributed by atoms with E-state index in [1.54, 1.807) is 18.2 Å². The Labute approximate surface area is 113 Å².